The number of benzene rings is 2. The first kappa shape index (κ1) is 14.0. The summed E-state index contributed by atoms with van der Waals surface area (Å²) in [5, 5.41) is 1.24. The van der Waals surface area contributed by atoms with E-state index in [-0.39, 0.29) is 11.3 Å². The van der Waals surface area contributed by atoms with Gasteiger partial charge in [-0.05, 0) is 12.1 Å². The van der Waals surface area contributed by atoms with Crippen LogP contribution in [-0.2, 0) is 4.79 Å². The van der Waals surface area contributed by atoms with Crippen LogP contribution in [0.25, 0.3) is 22.3 Å². The Labute approximate surface area is 126 Å². The maximum atomic E-state index is 12.5. The minimum Gasteiger partial charge on any atom is -0.456 e. The summed E-state index contributed by atoms with van der Waals surface area (Å²) in [7, 11) is 0. The summed E-state index contributed by atoms with van der Waals surface area (Å²) in [4.78, 5) is 23.9. The Morgan fingerprint density at radius 2 is 1.82 bits per heavy atom. The molecule has 0 radical (unpaired) electrons. The minimum atomic E-state index is -0.362. The van der Waals surface area contributed by atoms with Gasteiger partial charge in [-0.2, -0.15) is 0 Å². The number of nitrogens with zero attached hydrogens (tertiary/aromatic N) is 1. The zero-order valence-corrected chi connectivity index (χ0v) is 11.9. The van der Waals surface area contributed by atoms with E-state index in [1.807, 2.05) is 30.3 Å². The molecule has 5 heteroatoms. The van der Waals surface area contributed by atoms with Gasteiger partial charge in [-0.15, -0.1) is 0 Å². The highest BCUT2D eigenvalue weighted by Crippen LogP contribution is 2.27. The van der Waals surface area contributed by atoms with Crippen molar-refractivity contribution in [3.05, 3.63) is 64.8 Å². The molecule has 3 aromatic rings. The van der Waals surface area contributed by atoms with Crippen LogP contribution in [0.3, 0.4) is 0 Å². The topological polar surface area (TPSA) is 76.5 Å². The molecule has 22 heavy (non-hydrogen) atoms. The van der Waals surface area contributed by atoms with E-state index in [1.165, 1.54) is 13.0 Å². The van der Waals surface area contributed by atoms with E-state index in [4.69, 9.17) is 10.3 Å². The van der Waals surface area contributed by atoms with E-state index in [0.717, 1.165) is 10.6 Å². The second-order valence-corrected chi connectivity index (χ2v) is 4.88. The lowest BCUT2D eigenvalue weighted by atomic mass is 10.1. The smallest absolute Gasteiger partial charge is 0.238 e. The third-order valence-electron chi connectivity index (χ3n) is 3.39. The number of anilines is 1. The number of hydrogen-bond donors (Lipinski definition) is 1. The molecular formula is C17H14N2O3. The monoisotopic (exact) mass is 294 g/mol. The lowest BCUT2D eigenvalue weighted by molar-refractivity contribution is -0.116. The molecular weight excluding hydrogens is 280 g/mol. The summed E-state index contributed by atoms with van der Waals surface area (Å²) in [5.74, 6) is 5.84. The zero-order valence-electron chi connectivity index (χ0n) is 11.9. The maximum Gasteiger partial charge on any atom is 0.238 e. The quantitative estimate of drug-likeness (QED) is 0.448. The van der Waals surface area contributed by atoms with Crippen molar-refractivity contribution >= 4 is 22.6 Å². The predicted molar refractivity (Wildman–Crippen MR) is 85.3 cm³/mol. The van der Waals surface area contributed by atoms with Crippen molar-refractivity contribution in [3.8, 4) is 11.3 Å². The standard InChI is InChI=1S/C17H14N2O3/c1-11(20)19(18)13-8-5-9-15-17(13)14(21)10-16(22-15)12-6-3-2-4-7-12/h2-10H,18H2,1H3. The number of hydrogen-bond acceptors (Lipinski definition) is 4. The zero-order chi connectivity index (χ0) is 15.7. The number of fused-ring (bicyclic) bond motifs is 1. The van der Waals surface area contributed by atoms with Gasteiger partial charge in [0.05, 0.1) is 11.1 Å². The number of amides is 1. The Kier molecular flexibility index (Phi) is 3.48. The van der Waals surface area contributed by atoms with E-state index in [1.54, 1.807) is 18.2 Å². The average Bonchev–Trinajstić information content (AvgIpc) is 2.54. The first-order valence-electron chi connectivity index (χ1n) is 6.75. The maximum absolute atomic E-state index is 12.5. The highest BCUT2D eigenvalue weighted by atomic mass is 16.3. The largest absolute Gasteiger partial charge is 0.456 e. The SMILES string of the molecule is CC(=O)N(N)c1cccc2oc(-c3ccccc3)cc(=O)c12. The van der Waals surface area contributed by atoms with Crippen molar-refractivity contribution in [3.63, 3.8) is 0 Å². The highest BCUT2D eigenvalue weighted by molar-refractivity contribution is 6.00. The lowest BCUT2D eigenvalue weighted by Crippen LogP contribution is -2.36. The Morgan fingerprint density at radius 1 is 1.09 bits per heavy atom. The number of carbonyl (C=O) groups excluding carboxylic acids is 1. The second-order valence-electron chi connectivity index (χ2n) is 4.88. The minimum absolute atomic E-state index is 0.243. The van der Waals surface area contributed by atoms with Crippen LogP contribution in [-0.4, -0.2) is 5.91 Å². The van der Waals surface area contributed by atoms with Crippen LogP contribution in [0.4, 0.5) is 5.69 Å². The molecule has 0 aliphatic heterocycles. The fourth-order valence-corrected chi connectivity index (χ4v) is 2.31. The Balaban J connectivity index is 2.26. The Bertz CT molecular complexity index is 901. The molecule has 0 aliphatic carbocycles. The number of hydrazine groups is 1. The van der Waals surface area contributed by atoms with Crippen LogP contribution in [0.15, 0.2) is 63.8 Å². The summed E-state index contributed by atoms with van der Waals surface area (Å²) in [6.45, 7) is 1.33. The molecule has 0 atom stereocenters. The highest BCUT2D eigenvalue weighted by Gasteiger charge is 2.15. The van der Waals surface area contributed by atoms with Gasteiger partial charge in [0.15, 0.2) is 5.43 Å². The van der Waals surface area contributed by atoms with Gasteiger partial charge in [0, 0.05) is 18.6 Å². The van der Waals surface area contributed by atoms with E-state index in [2.05, 4.69) is 0 Å². The van der Waals surface area contributed by atoms with Crippen molar-refractivity contribution in [1.29, 1.82) is 0 Å². The molecule has 0 saturated heterocycles. The molecule has 1 aromatic heterocycles. The number of nitrogens with two attached hydrogens (primary N) is 1. The van der Waals surface area contributed by atoms with E-state index in [0.29, 0.717) is 22.4 Å². The molecule has 0 unspecified atom stereocenters. The molecule has 0 aliphatic rings. The van der Waals surface area contributed by atoms with Crippen molar-refractivity contribution in [2.24, 2.45) is 5.84 Å². The molecule has 2 aromatic carbocycles. The van der Waals surface area contributed by atoms with Gasteiger partial charge in [0.25, 0.3) is 0 Å². The summed E-state index contributed by atoms with van der Waals surface area (Å²) in [6, 6.07) is 15.7. The fourth-order valence-electron chi connectivity index (χ4n) is 2.31. The van der Waals surface area contributed by atoms with Crippen molar-refractivity contribution < 1.29 is 9.21 Å². The van der Waals surface area contributed by atoms with Crippen LogP contribution in [0, 0.1) is 0 Å². The van der Waals surface area contributed by atoms with Crippen LogP contribution >= 0.6 is 0 Å². The van der Waals surface area contributed by atoms with Gasteiger partial charge < -0.3 is 4.42 Å². The Morgan fingerprint density at radius 3 is 2.50 bits per heavy atom. The van der Waals surface area contributed by atoms with E-state index < -0.39 is 0 Å². The van der Waals surface area contributed by atoms with Crippen LogP contribution in [0.2, 0.25) is 0 Å². The molecule has 0 fully saturated rings. The van der Waals surface area contributed by atoms with E-state index >= 15 is 0 Å². The fraction of sp³-hybridized carbons (Fsp3) is 0.0588. The third kappa shape index (κ3) is 2.38. The summed E-state index contributed by atoms with van der Waals surface area (Å²) >= 11 is 0. The predicted octanol–water partition coefficient (Wildman–Crippen LogP) is 2.69. The van der Waals surface area contributed by atoms with Gasteiger partial charge in [-0.1, -0.05) is 36.4 Å². The molecule has 1 amide bonds. The summed E-state index contributed by atoms with van der Waals surface area (Å²) < 4.78 is 5.81. The summed E-state index contributed by atoms with van der Waals surface area (Å²) in [6.07, 6.45) is 0. The molecule has 0 bridgehead atoms. The molecule has 5 nitrogen and oxygen atoms in total. The molecule has 0 spiro atoms. The third-order valence-corrected chi connectivity index (χ3v) is 3.39. The van der Waals surface area contributed by atoms with Crippen molar-refractivity contribution in [1.82, 2.24) is 0 Å². The van der Waals surface area contributed by atoms with Crippen LogP contribution in [0.1, 0.15) is 6.92 Å². The second kappa shape index (κ2) is 5.46. The first-order chi connectivity index (χ1) is 10.6. The van der Waals surface area contributed by atoms with Crippen LogP contribution < -0.4 is 16.3 Å². The van der Waals surface area contributed by atoms with Crippen LogP contribution in [0.5, 0.6) is 0 Å². The first-order valence-corrected chi connectivity index (χ1v) is 6.75. The van der Waals surface area contributed by atoms with Crippen molar-refractivity contribution in [2.45, 2.75) is 6.92 Å². The van der Waals surface area contributed by atoms with Gasteiger partial charge in [-0.3, -0.25) is 9.59 Å². The Hall–Kier alpha value is -2.92. The average molecular weight is 294 g/mol. The van der Waals surface area contributed by atoms with Gasteiger partial charge in [0.1, 0.15) is 11.3 Å². The molecule has 1 heterocycles. The molecule has 110 valence electrons. The lowest BCUT2D eigenvalue weighted by Gasteiger charge is -2.16. The number of carbonyl (C=O) groups is 1. The molecule has 0 saturated carbocycles. The van der Waals surface area contributed by atoms with Crippen molar-refractivity contribution in [2.75, 3.05) is 5.01 Å². The molecule has 2 N–H and O–H groups in total. The van der Waals surface area contributed by atoms with Gasteiger partial charge in [-0.25, -0.2) is 10.9 Å². The van der Waals surface area contributed by atoms with E-state index in [9.17, 15) is 9.59 Å². The number of rotatable bonds is 2. The molecule has 3 rings (SSSR count). The van der Waals surface area contributed by atoms with Gasteiger partial charge >= 0.3 is 0 Å². The summed E-state index contributed by atoms with van der Waals surface area (Å²) in [5.41, 5.74) is 1.29. The van der Waals surface area contributed by atoms with Gasteiger partial charge in [0.2, 0.25) is 5.91 Å². The normalized spacial score (nSPS) is 10.6.